The van der Waals surface area contributed by atoms with E-state index in [1.54, 1.807) is 31.6 Å². The van der Waals surface area contributed by atoms with Gasteiger partial charge < -0.3 is 25.7 Å². The van der Waals surface area contributed by atoms with Crippen LogP contribution >= 0.6 is 11.3 Å². The van der Waals surface area contributed by atoms with E-state index in [2.05, 4.69) is 20.6 Å². The lowest BCUT2D eigenvalue weighted by Crippen LogP contribution is -2.19. The minimum Gasteiger partial charge on any atom is -0.495 e. The molecule has 9 heteroatoms. The van der Waals surface area contributed by atoms with Gasteiger partial charge in [0.2, 0.25) is 0 Å². The van der Waals surface area contributed by atoms with Crippen LogP contribution in [0.5, 0.6) is 5.75 Å². The van der Waals surface area contributed by atoms with Gasteiger partial charge in [-0.1, -0.05) is 11.3 Å². The number of fused-ring (bicyclic) bond motifs is 3. The van der Waals surface area contributed by atoms with Crippen molar-refractivity contribution in [2.24, 2.45) is 12.8 Å². The van der Waals surface area contributed by atoms with Crippen molar-refractivity contribution >= 4 is 55.1 Å². The van der Waals surface area contributed by atoms with E-state index < -0.39 is 6.03 Å². The molecule has 2 aromatic carbocycles. The zero-order chi connectivity index (χ0) is 18.3. The van der Waals surface area contributed by atoms with Crippen molar-refractivity contribution in [3.05, 3.63) is 36.7 Å². The van der Waals surface area contributed by atoms with Crippen molar-refractivity contribution in [2.75, 3.05) is 17.7 Å². The summed E-state index contributed by atoms with van der Waals surface area (Å²) in [5.41, 5.74) is 9.16. The van der Waals surface area contributed by atoms with Gasteiger partial charge in [0, 0.05) is 12.7 Å². The highest BCUT2D eigenvalue weighted by atomic mass is 32.1. The normalized spacial score (nSPS) is 11.0. The first-order chi connectivity index (χ1) is 12.5. The zero-order valence-electron chi connectivity index (χ0n) is 14.1. The van der Waals surface area contributed by atoms with Gasteiger partial charge in [-0.05, 0) is 30.3 Å². The Hall–Kier alpha value is -3.33. The number of carbonyl (C=O) groups is 1. The summed E-state index contributed by atoms with van der Waals surface area (Å²) in [5.74, 6) is 0.627. The van der Waals surface area contributed by atoms with Crippen LogP contribution in [0.1, 0.15) is 0 Å². The van der Waals surface area contributed by atoms with Gasteiger partial charge in [-0.2, -0.15) is 0 Å². The number of nitrogens with one attached hydrogen (secondary N) is 2. The minimum atomic E-state index is -0.626. The maximum atomic E-state index is 11.1. The number of carbonyl (C=O) groups excluding carboxylic acids is 1. The Morgan fingerprint density at radius 2 is 2.12 bits per heavy atom. The van der Waals surface area contributed by atoms with Gasteiger partial charge in [0.05, 0.1) is 29.3 Å². The quantitative estimate of drug-likeness (QED) is 0.511. The molecule has 0 saturated carbocycles. The fraction of sp³-hybridized carbons (Fsp3) is 0.118. The molecule has 2 aromatic heterocycles. The second kappa shape index (κ2) is 6.19. The molecule has 0 aliphatic carbocycles. The smallest absolute Gasteiger partial charge is 0.316 e. The van der Waals surface area contributed by atoms with Gasteiger partial charge in [0.15, 0.2) is 5.13 Å². The molecule has 0 spiro atoms. The molecule has 0 aliphatic heterocycles. The number of anilines is 3. The molecule has 132 valence electrons. The number of aryl methyl sites for hydroxylation is 1. The number of amides is 2. The summed E-state index contributed by atoms with van der Waals surface area (Å²) in [4.78, 5) is 20.2. The third-order valence-corrected chi connectivity index (χ3v) is 4.90. The van der Waals surface area contributed by atoms with Crippen molar-refractivity contribution in [2.45, 2.75) is 0 Å². The van der Waals surface area contributed by atoms with Crippen molar-refractivity contribution in [3.8, 4) is 5.75 Å². The van der Waals surface area contributed by atoms with Gasteiger partial charge in [-0.25, -0.2) is 14.8 Å². The number of aromatic nitrogens is 3. The van der Waals surface area contributed by atoms with Crippen LogP contribution in [-0.2, 0) is 7.05 Å². The standard InChI is InChI=1S/C17H16N6O2S/c1-23-8-19-14-11(23)4-6-13-15(14)22-17(26-13)21-10-7-9(20-16(18)24)3-5-12(10)25-2/h3-8H,1-2H3,(H,21,22)(H3,18,20,24). The zero-order valence-corrected chi connectivity index (χ0v) is 14.9. The van der Waals surface area contributed by atoms with Crippen LogP contribution in [-0.4, -0.2) is 27.7 Å². The van der Waals surface area contributed by atoms with Gasteiger partial charge in [0.25, 0.3) is 0 Å². The Morgan fingerprint density at radius 3 is 2.88 bits per heavy atom. The van der Waals surface area contributed by atoms with Gasteiger partial charge in [-0.15, -0.1) is 0 Å². The number of hydrogen-bond donors (Lipinski definition) is 3. The molecule has 26 heavy (non-hydrogen) atoms. The van der Waals surface area contributed by atoms with E-state index in [1.807, 2.05) is 23.7 Å². The number of methoxy groups -OCH3 is 1. The number of primary amides is 1. The molecular weight excluding hydrogens is 352 g/mol. The topological polar surface area (TPSA) is 107 Å². The number of thiazole rings is 1. The molecular formula is C17H16N6O2S. The lowest BCUT2D eigenvalue weighted by molar-refractivity contribution is 0.259. The van der Waals surface area contributed by atoms with E-state index in [4.69, 9.17) is 10.5 Å². The highest BCUT2D eigenvalue weighted by Crippen LogP contribution is 2.35. The van der Waals surface area contributed by atoms with Gasteiger partial charge >= 0.3 is 6.03 Å². The van der Waals surface area contributed by atoms with Crippen LogP contribution in [0.2, 0.25) is 0 Å². The fourth-order valence-corrected chi connectivity index (χ4v) is 3.66. The maximum absolute atomic E-state index is 11.1. The molecule has 0 saturated heterocycles. The number of benzene rings is 2. The maximum Gasteiger partial charge on any atom is 0.316 e. The summed E-state index contributed by atoms with van der Waals surface area (Å²) < 4.78 is 8.37. The third kappa shape index (κ3) is 2.78. The molecule has 4 aromatic rings. The Bertz CT molecular complexity index is 1130. The number of nitrogens with two attached hydrogens (primary N) is 1. The molecule has 0 atom stereocenters. The number of urea groups is 1. The number of rotatable bonds is 4. The Morgan fingerprint density at radius 1 is 1.27 bits per heavy atom. The summed E-state index contributed by atoms with van der Waals surface area (Å²) >= 11 is 1.52. The second-order valence-electron chi connectivity index (χ2n) is 5.68. The highest BCUT2D eigenvalue weighted by Gasteiger charge is 2.13. The first-order valence-electron chi connectivity index (χ1n) is 7.77. The fourth-order valence-electron chi connectivity index (χ4n) is 2.78. The van der Waals surface area contributed by atoms with Crippen LogP contribution in [0.4, 0.5) is 21.3 Å². The lowest BCUT2D eigenvalue weighted by atomic mass is 10.2. The molecule has 8 nitrogen and oxygen atoms in total. The van der Waals surface area contributed by atoms with E-state index in [9.17, 15) is 4.79 Å². The third-order valence-electron chi connectivity index (χ3n) is 3.96. The van der Waals surface area contributed by atoms with Gasteiger partial charge in [0.1, 0.15) is 16.8 Å². The molecule has 2 amide bonds. The molecule has 0 aliphatic rings. The molecule has 4 rings (SSSR count). The van der Waals surface area contributed by atoms with E-state index in [0.717, 1.165) is 21.3 Å². The van der Waals surface area contributed by atoms with Crippen LogP contribution in [0, 0.1) is 0 Å². The summed E-state index contributed by atoms with van der Waals surface area (Å²) in [7, 11) is 3.53. The van der Waals surface area contributed by atoms with E-state index in [-0.39, 0.29) is 0 Å². The number of hydrogen-bond acceptors (Lipinski definition) is 6. The van der Waals surface area contributed by atoms with Crippen molar-refractivity contribution in [1.29, 1.82) is 0 Å². The SMILES string of the molecule is COc1ccc(NC(N)=O)cc1Nc1nc2c(ccc3c2ncn3C)s1. The van der Waals surface area contributed by atoms with E-state index in [0.29, 0.717) is 22.3 Å². The predicted octanol–water partition coefficient (Wildman–Crippen LogP) is 3.43. The monoisotopic (exact) mass is 368 g/mol. The number of imidazole rings is 1. The average Bonchev–Trinajstić information content (AvgIpc) is 3.17. The Labute approximate surface area is 152 Å². The highest BCUT2D eigenvalue weighted by molar-refractivity contribution is 7.22. The molecule has 0 fully saturated rings. The van der Waals surface area contributed by atoms with Crippen LogP contribution in [0.25, 0.3) is 21.3 Å². The summed E-state index contributed by atoms with van der Waals surface area (Å²) in [6, 6.07) is 8.64. The lowest BCUT2D eigenvalue weighted by Gasteiger charge is -2.11. The molecule has 4 N–H and O–H groups in total. The van der Waals surface area contributed by atoms with E-state index in [1.165, 1.54) is 11.3 Å². The molecule has 0 radical (unpaired) electrons. The molecule has 0 bridgehead atoms. The number of nitrogens with zero attached hydrogens (tertiary/aromatic N) is 3. The summed E-state index contributed by atoms with van der Waals surface area (Å²) in [6.07, 6.45) is 1.78. The summed E-state index contributed by atoms with van der Waals surface area (Å²) in [6.45, 7) is 0. The van der Waals surface area contributed by atoms with Crippen molar-refractivity contribution < 1.29 is 9.53 Å². The summed E-state index contributed by atoms with van der Waals surface area (Å²) in [5, 5.41) is 6.50. The largest absolute Gasteiger partial charge is 0.495 e. The second-order valence-corrected chi connectivity index (χ2v) is 6.71. The minimum absolute atomic E-state index is 0.564. The Kier molecular flexibility index (Phi) is 3.85. The molecule has 0 unspecified atom stereocenters. The average molecular weight is 368 g/mol. The first-order valence-corrected chi connectivity index (χ1v) is 8.59. The van der Waals surface area contributed by atoms with Crippen molar-refractivity contribution in [1.82, 2.24) is 14.5 Å². The van der Waals surface area contributed by atoms with Crippen molar-refractivity contribution in [3.63, 3.8) is 0 Å². The number of ether oxygens (including phenoxy) is 1. The first kappa shape index (κ1) is 16.2. The van der Waals surface area contributed by atoms with Crippen LogP contribution in [0.15, 0.2) is 36.7 Å². The van der Waals surface area contributed by atoms with Crippen LogP contribution < -0.4 is 21.1 Å². The van der Waals surface area contributed by atoms with Crippen LogP contribution in [0.3, 0.4) is 0 Å². The van der Waals surface area contributed by atoms with E-state index >= 15 is 0 Å². The van der Waals surface area contributed by atoms with Gasteiger partial charge in [-0.3, -0.25) is 0 Å². The molecule has 2 heterocycles. The predicted molar refractivity (Wildman–Crippen MR) is 103 cm³/mol. The Balaban J connectivity index is 1.74.